The Morgan fingerprint density at radius 3 is 2.71 bits per heavy atom. The van der Waals surface area contributed by atoms with Crippen LogP contribution in [0.1, 0.15) is 23.2 Å². The van der Waals surface area contributed by atoms with Gasteiger partial charge in [0, 0.05) is 6.20 Å². The molecule has 1 rings (SSSR count). The van der Waals surface area contributed by atoms with Crippen molar-refractivity contribution in [1.29, 1.82) is 5.26 Å². The summed E-state index contributed by atoms with van der Waals surface area (Å²) in [5.74, 6) is 0. The molecule has 0 spiro atoms. The van der Waals surface area contributed by atoms with Crippen LogP contribution in [0.4, 0.5) is 8.78 Å². The smallest absolute Gasteiger partial charge is 0.266 e. The molecule has 6 heteroatoms. The highest BCUT2D eigenvalue weighted by Gasteiger charge is 2.18. The summed E-state index contributed by atoms with van der Waals surface area (Å²) in [6, 6.07) is 1.56. The predicted molar refractivity (Wildman–Crippen MR) is 44.8 cm³/mol. The SMILES string of the molecule is N#Cc1c(C(F)F)cnc(CO)c1Cl. The van der Waals surface area contributed by atoms with Crippen molar-refractivity contribution >= 4 is 11.6 Å². The van der Waals surface area contributed by atoms with Gasteiger partial charge >= 0.3 is 0 Å². The van der Waals surface area contributed by atoms with Crippen LogP contribution in [0.25, 0.3) is 0 Å². The molecule has 0 atom stereocenters. The van der Waals surface area contributed by atoms with Crippen LogP contribution in [0.15, 0.2) is 6.20 Å². The van der Waals surface area contributed by atoms with Crippen LogP contribution < -0.4 is 0 Å². The zero-order chi connectivity index (χ0) is 10.7. The summed E-state index contributed by atoms with van der Waals surface area (Å²) in [6.45, 7) is -0.489. The van der Waals surface area contributed by atoms with Gasteiger partial charge in [-0.15, -0.1) is 0 Å². The molecular weight excluding hydrogens is 214 g/mol. The third kappa shape index (κ3) is 1.81. The van der Waals surface area contributed by atoms with Crippen LogP contribution in [-0.4, -0.2) is 10.1 Å². The molecule has 1 N–H and O–H groups in total. The average Bonchev–Trinajstić information content (AvgIpc) is 2.17. The molecule has 3 nitrogen and oxygen atoms in total. The Kier molecular flexibility index (Phi) is 3.33. The first-order valence-corrected chi connectivity index (χ1v) is 3.96. The first-order chi connectivity index (χ1) is 6.61. The van der Waals surface area contributed by atoms with Gasteiger partial charge in [0.1, 0.15) is 6.07 Å². The number of aromatic nitrogens is 1. The molecule has 0 aliphatic rings. The van der Waals surface area contributed by atoms with Crippen LogP contribution in [0, 0.1) is 11.3 Å². The fourth-order valence-electron chi connectivity index (χ4n) is 0.929. The predicted octanol–water partition coefficient (Wildman–Crippen LogP) is 2.04. The highest BCUT2D eigenvalue weighted by Crippen LogP contribution is 2.28. The van der Waals surface area contributed by atoms with E-state index < -0.39 is 18.6 Å². The summed E-state index contributed by atoms with van der Waals surface area (Å²) in [7, 11) is 0. The summed E-state index contributed by atoms with van der Waals surface area (Å²) < 4.78 is 24.6. The Bertz CT molecular complexity index is 390. The maximum Gasteiger partial charge on any atom is 0.266 e. The third-order valence-corrected chi connectivity index (χ3v) is 2.02. The summed E-state index contributed by atoms with van der Waals surface area (Å²) >= 11 is 5.58. The number of nitrogens with zero attached hydrogens (tertiary/aromatic N) is 2. The second kappa shape index (κ2) is 4.31. The molecular formula is C8H5ClF2N2O. The van der Waals surface area contributed by atoms with E-state index in [0.717, 1.165) is 6.20 Å². The van der Waals surface area contributed by atoms with Gasteiger partial charge < -0.3 is 5.11 Å². The van der Waals surface area contributed by atoms with Crippen molar-refractivity contribution in [2.75, 3.05) is 0 Å². The largest absolute Gasteiger partial charge is 0.390 e. The first kappa shape index (κ1) is 10.8. The summed E-state index contributed by atoms with van der Waals surface area (Å²) in [5, 5.41) is 17.1. The molecule has 1 heterocycles. The topological polar surface area (TPSA) is 56.9 Å². The lowest BCUT2D eigenvalue weighted by Crippen LogP contribution is -1.99. The monoisotopic (exact) mass is 218 g/mol. The highest BCUT2D eigenvalue weighted by atomic mass is 35.5. The molecule has 0 saturated carbocycles. The minimum absolute atomic E-state index is 0.0209. The average molecular weight is 219 g/mol. The van der Waals surface area contributed by atoms with Crippen LogP contribution in [0.5, 0.6) is 0 Å². The summed E-state index contributed by atoms with van der Waals surface area (Å²) in [5.41, 5.74) is -0.831. The van der Waals surface area contributed by atoms with Crippen molar-refractivity contribution in [3.63, 3.8) is 0 Å². The molecule has 0 bridgehead atoms. The lowest BCUT2D eigenvalue weighted by molar-refractivity contribution is 0.150. The number of aliphatic hydroxyl groups excluding tert-OH is 1. The minimum atomic E-state index is -2.80. The molecule has 0 aliphatic carbocycles. The molecule has 14 heavy (non-hydrogen) atoms. The molecule has 0 aromatic carbocycles. The number of hydrogen-bond donors (Lipinski definition) is 1. The summed E-state index contributed by atoms with van der Waals surface area (Å²) in [6.07, 6.45) is -1.96. The van der Waals surface area contributed by atoms with Crippen LogP contribution in [0.3, 0.4) is 0 Å². The standard InChI is InChI=1S/C8H5ClF2N2O/c9-7-4(1-12)5(8(10)11)2-13-6(7)3-14/h2,8,14H,3H2. The van der Waals surface area contributed by atoms with Gasteiger partial charge in [-0.05, 0) is 0 Å². The van der Waals surface area contributed by atoms with Gasteiger partial charge in [-0.1, -0.05) is 11.6 Å². The molecule has 0 aliphatic heterocycles. The zero-order valence-electron chi connectivity index (χ0n) is 6.84. The Labute approximate surface area is 83.6 Å². The molecule has 0 radical (unpaired) electrons. The Hall–Kier alpha value is -1.25. The number of alkyl halides is 2. The van der Waals surface area contributed by atoms with Crippen molar-refractivity contribution < 1.29 is 13.9 Å². The van der Waals surface area contributed by atoms with E-state index in [4.69, 9.17) is 22.0 Å². The Morgan fingerprint density at radius 1 is 1.64 bits per heavy atom. The quantitative estimate of drug-likeness (QED) is 0.826. The number of rotatable bonds is 2. The van der Waals surface area contributed by atoms with Gasteiger partial charge in [0.15, 0.2) is 0 Å². The number of halogens is 3. The van der Waals surface area contributed by atoms with Crippen molar-refractivity contribution in [2.45, 2.75) is 13.0 Å². The number of pyridine rings is 1. The van der Waals surface area contributed by atoms with E-state index in [0.29, 0.717) is 0 Å². The van der Waals surface area contributed by atoms with Crippen molar-refractivity contribution in [2.24, 2.45) is 0 Å². The van der Waals surface area contributed by atoms with E-state index in [9.17, 15) is 8.78 Å². The number of nitriles is 1. The lowest BCUT2D eigenvalue weighted by Gasteiger charge is -2.06. The Balaban J connectivity index is 3.38. The first-order valence-electron chi connectivity index (χ1n) is 3.58. The van der Waals surface area contributed by atoms with Crippen molar-refractivity contribution in [3.8, 4) is 6.07 Å². The second-order valence-electron chi connectivity index (χ2n) is 2.42. The Morgan fingerprint density at radius 2 is 2.29 bits per heavy atom. The summed E-state index contributed by atoms with van der Waals surface area (Å²) in [4.78, 5) is 3.51. The number of hydrogen-bond acceptors (Lipinski definition) is 3. The highest BCUT2D eigenvalue weighted by molar-refractivity contribution is 6.32. The fraction of sp³-hybridized carbons (Fsp3) is 0.250. The zero-order valence-corrected chi connectivity index (χ0v) is 7.59. The van der Waals surface area contributed by atoms with Gasteiger partial charge in [-0.25, -0.2) is 8.78 Å². The van der Waals surface area contributed by atoms with Crippen molar-refractivity contribution in [1.82, 2.24) is 4.98 Å². The number of aliphatic hydroxyl groups is 1. The maximum absolute atomic E-state index is 12.3. The van der Waals surface area contributed by atoms with E-state index in [1.807, 2.05) is 0 Å². The van der Waals surface area contributed by atoms with E-state index >= 15 is 0 Å². The van der Waals surface area contributed by atoms with Crippen LogP contribution in [0.2, 0.25) is 5.02 Å². The molecule has 0 amide bonds. The fourth-order valence-corrected chi connectivity index (χ4v) is 1.19. The van der Waals surface area contributed by atoms with Crippen LogP contribution >= 0.6 is 11.6 Å². The van der Waals surface area contributed by atoms with Gasteiger partial charge in [-0.2, -0.15) is 5.26 Å². The van der Waals surface area contributed by atoms with Gasteiger partial charge in [0.05, 0.1) is 28.5 Å². The molecule has 0 saturated heterocycles. The third-order valence-electron chi connectivity index (χ3n) is 1.62. The molecule has 74 valence electrons. The van der Waals surface area contributed by atoms with Crippen molar-refractivity contribution in [3.05, 3.63) is 28.0 Å². The molecule has 1 aromatic heterocycles. The van der Waals surface area contributed by atoms with E-state index in [1.54, 1.807) is 6.07 Å². The lowest BCUT2D eigenvalue weighted by atomic mass is 10.1. The molecule has 1 aromatic rings. The minimum Gasteiger partial charge on any atom is -0.390 e. The van der Waals surface area contributed by atoms with Gasteiger partial charge in [0.25, 0.3) is 6.43 Å². The maximum atomic E-state index is 12.3. The van der Waals surface area contributed by atoms with E-state index in [1.165, 1.54) is 0 Å². The second-order valence-corrected chi connectivity index (χ2v) is 2.80. The van der Waals surface area contributed by atoms with E-state index in [-0.39, 0.29) is 16.3 Å². The molecule has 0 fully saturated rings. The van der Waals surface area contributed by atoms with E-state index in [2.05, 4.69) is 4.98 Å². The van der Waals surface area contributed by atoms with Crippen LogP contribution in [-0.2, 0) is 6.61 Å². The normalized spacial score (nSPS) is 10.3. The van der Waals surface area contributed by atoms with Gasteiger partial charge in [0.2, 0.25) is 0 Å². The van der Waals surface area contributed by atoms with Gasteiger partial charge in [-0.3, -0.25) is 4.98 Å². The molecule has 0 unspecified atom stereocenters.